The summed E-state index contributed by atoms with van der Waals surface area (Å²) in [5.74, 6) is 3.10. The van der Waals surface area contributed by atoms with Crippen LogP contribution in [0.4, 0.5) is 5.69 Å². The number of nitrogens with one attached hydrogen (secondary N) is 1. The average Bonchev–Trinajstić information content (AvgIpc) is 2.85. The summed E-state index contributed by atoms with van der Waals surface area (Å²) >= 11 is 0. The molecule has 1 saturated carbocycles. The summed E-state index contributed by atoms with van der Waals surface area (Å²) in [4.78, 5) is 0. The van der Waals surface area contributed by atoms with Crippen LogP contribution in [-0.4, -0.2) is 42.3 Å². The van der Waals surface area contributed by atoms with Crippen molar-refractivity contribution in [3.63, 3.8) is 0 Å². The van der Waals surface area contributed by atoms with E-state index in [0.717, 1.165) is 23.9 Å². The summed E-state index contributed by atoms with van der Waals surface area (Å²) in [7, 11) is 0. The Bertz CT molecular complexity index is 636. The zero-order valence-corrected chi connectivity index (χ0v) is 18.8. The van der Waals surface area contributed by atoms with Crippen molar-refractivity contribution >= 4 is 5.69 Å². The Morgan fingerprint density at radius 3 is 2.43 bits per heavy atom. The second kappa shape index (κ2) is 10.9. The van der Waals surface area contributed by atoms with E-state index < -0.39 is 0 Å². The van der Waals surface area contributed by atoms with E-state index in [4.69, 9.17) is 14.2 Å². The fourth-order valence-corrected chi connectivity index (χ4v) is 5.74. The van der Waals surface area contributed by atoms with E-state index >= 15 is 0 Å². The van der Waals surface area contributed by atoms with Crippen molar-refractivity contribution < 1.29 is 26.6 Å². The zero-order valence-electron chi connectivity index (χ0n) is 18.8. The van der Waals surface area contributed by atoms with E-state index in [-0.39, 0.29) is 37.1 Å². The molecule has 4 unspecified atom stereocenters. The van der Waals surface area contributed by atoms with Crippen molar-refractivity contribution in [2.24, 2.45) is 29.6 Å². The number of hydrogen-bond acceptors (Lipinski definition) is 4. The molecule has 5 N–H and O–H groups in total. The molecule has 9 atom stereocenters. The molecule has 6 nitrogen and oxygen atoms in total. The molecule has 4 rings (SSSR count). The van der Waals surface area contributed by atoms with E-state index in [1.165, 1.54) is 19.3 Å². The minimum Gasteiger partial charge on any atom is -0.412 e. The van der Waals surface area contributed by atoms with Crippen molar-refractivity contribution in [1.29, 1.82) is 0 Å². The molecule has 3 fully saturated rings. The Labute approximate surface area is 182 Å². The van der Waals surface area contributed by atoms with Crippen LogP contribution in [-0.2, 0) is 14.2 Å². The van der Waals surface area contributed by atoms with Gasteiger partial charge in [0.1, 0.15) is 0 Å². The van der Waals surface area contributed by atoms with Crippen molar-refractivity contribution in [2.45, 2.75) is 78.1 Å². The van der Waals surface area contributed by atoms with E-state index in [0.29, 0.717) is 24.4 Å². The maximum Gasteiger partial charge on any atom is 0.164 e. The van der Waals surface area contributed by atoms with Gasteiger partial charge in [0, 0.05) is 25.0 Å². The topological polar surface area (TPSA) is 103 Å². The minimum atomic E-state index is -0.175. The molecule has 174 valence electrons. The summed E-state index contributed by atoms with van der Waals surface area (Å²) in [6.45, 7) is 9.73. The van der Waals surface area contributed by atoms with Gasteiger partial charge in [-0.15, -0.1) is 0 Å². The van der Waals surface area contributed by atoms with Gasteiger partial charge in [-0.1, -0.05) is 38.5 Å². The smallest absolute Gasteiger partial charge is 0.164 e. The molecule has 1 aliphatic carbocycles. The van der Waals surface area contributed by atoms with Crippen LogP contribution >= 0.6 is 0 Å². The molecule has 0 spiro atoms. The van der Waals surface area contributed by atoms with Gasteiger partial charge >= 0.3 is 0 Å². The van der Waals surface area contributed by atoms with Crippen LogP contribution in [0.25, 0.3) is 0 Å². The summed E-state index contributed by atoms with van der Waals surface area (Å²) in [6.07, 6.45) is 5.03. The molecular weight excluding hydrogens is 382 g/mol. The molecule has 3 aliphatic rings. The van der Waals surface area contributed by atoms with Gasteiger partial charge in [0.2, 0.25) is 0 Å². The van der Waals surface area contributed by atoms with Crippen LogP contribution in [0.5, 0.6) is 0 Å². The molecule has 1 aromatic rings. The van der Waals surface area contributed by atoms with E-state index in [1.54, 1.807) is 0 Å². The van der Waals surface area contributed by atoms with Gasteiger partial charge in [0.15, 0.2) is 12.6 Å². The number of hydrogen-bond donors (Lipinski definition) is 1. The predicted molar refractivity (Wildman–Crippen MR) is 121 cm³/mol. The monoisotopic (exact) mass is 425 g/mol. The van der Waals surface area contributed by atoms with Crippen LogP contribution in [0.15, 0.2) is 30.3 Å². The third-order valence-electron chi connectivity index (χ3n) is 7.33. The predicted octanol–water partition coefficient (Wildman–Crippen LogP) is 3.90. The van der Waals surface area contributed by atoms with Gasteiger partial charge < -0.3 is 30.5 Å². The Morgan fingerprint density at radius 2 is 1.70 bits per heavy atom. The van der Waals surface area contributed by atoms with Crippen molar-refractivity contribution in [3.8, 4) is 0 Å². The highest BCUT2D eigenvalue weighted by Gasteiger charge is 2.52. The highest BCUT2D eigenvalue weighted by atomic mass is 16.8. The van der Waals surface area contributed by atoms with Gasteiger partial charge in [-0.25, -0.2) is 0 Å². The Kier molecular flexibility index (Phi) is 9.13. The Morgan fingerprint density at radius 1 is 1.00 bits per heavy atom. The second-order valence-electron chi connectivity index (χ2n) is 9.46. The summed E-state index contributed by atoms with van der Waals surface area (Å²) < 4.78 is 19.1. The number of anilines is 1. The molecule has 0 radical (unpaired) electrons. The first-order chi connectivity index (χ1) is 13.5. The van der Waals surface area contributed by atoms with E-state index in [2.05, 4.69) is 45.1 Å². The molecule has 30 heavy (non-hydrogen) atoms. The molecular formula is C24H43NO5. The molecule has 2 heterocycles. The van der Waals surface area contributed by atoms with Gasteiger partial charge in [-0.2, -0.15) is 0 Å². The summed E-state index contributed by atoms with van der Waals surface area (Å²) in [5.41, 5.74) is 1.13. The maximum absolute atomic E-state index is 6.47. The van der Waals surface area contributed by atoms with Crippen LogP contribution in [0.3, 0.4) is 0 Å². The first-order valence-corrected chi connectivity index (χ1v) is 11.3. The molecule has 0 bridgehead atoms. The highest BCUT2D eigenvalue weighted by Crippen LogP contribution is 2.52. The Balaban J connectivity index is 0.00000160. The van der Waals surface area contributed by atoms with Crippen LogP contribution in [0.2, 0.25) is 0 Å². The van der Waals surface area contributed by atoms with Crippen molar-refractivity contribution in [1.82, 2.24) is 0 Å². The Hall–Kier alpha value is -1.18. The van der Waals surface area contributed by atoms with Crippen molar-refractivity contribution in [2.75, 3.05) is 11.9 Å². The SMILES string of the molecule is CC(CO[C@H]1OC2OC(C)CC[C@@H]3C2[C@@H](CC[C@H]3C)[C@H]1C)Nc1ccccc1.O.O.[HH]. The first-order valence-electron chi connectivity index (χ1n) is 11.3. The van der Waals surface area contributed by atoms with E-state index in [1.807, 2.05) is 18.2 Å². The fourth-order valence-electron chi connectivity index (χ4n) is 5.74. The van der Waals surface area contributed by atoms with Gasteiger partial charge in [-0.3, -0.25) is 0 Å². The number of rotatable bonds is 5. The van der Waals surface area contributed by atoms with E-state index in [9.17, 15) is 0 Å². The van der Waals surface area contributed by atoms with Gasteiger partial charge in [0.05, 0.1) is 12.7 Å². The highest BCUT2D eigenvalue weighted by molar-refractivity contribution is 5.43. The molecule has 1 aromatic carbocycles. The van der Waals surface area contributed by atoms with Crippen LogP contribution in [0.1, 0.15) is 54.8 Å². The average molecular weight is 426 g/mol. The molecule has 2 aliphatic heterocycles. The number of para-hydroxylation sites is 1. The quantitative estimate of drug-likeness (QED) is 0.773. The fraction of sp³-hybridized carbons (Fsp3) is 0.750. The third kappa shape index (κ3) is 5.35. The zero-order chi connectivity index (χ0) is 19.7. The van der Waals surface area contributed by atoms with Crippen molar-refractivity contribution in [3.05, 3.63) is 30.3 Å². The second-order valence-corrected chi connectivity index (χ2v) is 9.46. The minimum absolute atomic E-state index is 0. The summed E-state index contributed by atoms with van der Waals surface area (Å²) in [6, 6.07) is 10.5. The normalized spacial score (nSPS) is 38.8. The maximum atomic E-state index is 6.47. The lowest BCUT2D eigenvalue weighted by Crippen LogP contribution is -2.54. The largest absolute Gasteiger partial charge is 0.412 e. The number of benzene rings is 1. The third-order valence-corrected chi connectivity index (χ3v) is 7.33. The van der Waals surface area contributed by atoms with Gasteiger partial charge in [0.25, 0.3) is 0 Å². The van der Waals surface area contributed by atoms with Gasteiger partial charge in [-0.05, 0) is 63.0 Å². The standard InChI is InChI=1S/C24H37NO3.2H2O.H2/c1-15-10-12-21-18(4)23(26-14-16(2)25-19-8-6-5-7-9-19)28-24-22(21)20(15)13-11-17(3)27-24;;;/h5-9,15-18,20-25H,10-14H2,1-4H3;2*1H2;1H/t15-,16?,17?,18-,20+,21+,22?,23+,24?;;;/m1.../s1. The first kappa shape index (κ1) is 25.1. The lowest BCUT2D eigenvalue weighted by Gasteiger charge is -2.52. The lowest BCUT2D eigenvalue weighted by atomic mass is 9.61. The summed E-state index contributed by atoms with van der Waals surface area (Å²) in [5, 5.41) is 3.51. The lowest BCUT2D eigenvalue weighted by molar-refractivity contribution is -0.334. The number of ether oxygens (including phenoxy) is 3. The van der Waals surface area contributed by atoms with Crippen LogP contribution in [0, 0.1) is 29.6 Å². The molecule has 0 aromatic heterocycles. The molecule has 6 heteroatoms. The molecule has 2 saturated heterocycles. The van der Waals surface area contributed by atoms with Crippen LogP contribution < -0.4 is 5.32 Å². The molecule has 0 amide bonds.